The van der Waals surface area contributed by atoms with Crippen LogP contribution < -0.4 is 0 Å². The molecule has 0 saturated carbocycles. The Morgan fingerprint density at radius 3 is 2.57 bits per heavy atom. The molecule has 1 aromatic rings. The number of rotatable bonds is 0. The van der Waals surface area contributed by atoms with Crippen molar-refractivity contribution in [2.45, 2.75) is 0 Å². The molecule has 0 fully saturated rings. The van der Waals surface area contributed by atoms with Gasteiger partial charge in [0, 0.05) is 15.3 Å². The largest absolute Gasteiger partial charge is 0.216 e. The normalized spacial score (nSPS) is 10.5. The van der Waals surface area contributed by atoms with Gasteiger partial charge in [0.2, 0.25) is 9.84 Å². The van der Waals surface area contributed by atoms with Crippen LogP contribution in [-0.2, 0) is 9.84 Å². The van der Waals surface area contributed by atoms with Crippen LogP contribution in [0, 0.1) is 11.2 Å². The van der Waals surface area contributed by atoms with Crippen molar-refractivity contribution < 1.29 is 8.42 Å². The monoisotopic (exact) mass is 292 g/mol. The smallest absolute Gasteiger partial charge is 0.214 e. The second kappa shape index (κ2) is 4.35. The molecule has 0 heterocycles. The Kier molecular flexibility index (Phi) is 3.59. The van der Waals surface area contributed by atoms with Gasteiger partial charge in [0.25, 0.3) is 0 Å². The average Bonchev–Trinajstić information content (AvgIpc) is 2.06. The minimum atomic E-state index is -3.26. The predicted octanol–water partition coefficient (Wildman–Crippen LogP) is 2.46. The number of benzene rings is 1. The van der Waals surface area contributed by atoms with Gasteiger partial charge in [-0.05, 0) is 40.0 Å². The quantitative estimate of drug-likeness (QED) is 0.689. The van der Waals surface area contributed by atoms with E-state index >= 15 is 0 Å². The molecule has 0 aliphatic rings. The van der Waals surface area contributed by atoms with Crippen LogP contribution in [0.2, 0.25) is 5.02 Å². The fourth-order valence-corrected chi connectivity index (χ4v) is 1.46. The SMILES string of the molecule is CS(=O)(=O)C#Cc1ccc(Br)c(Cl)c1. The van der Waals surface area contributed by atoms with E-state index in [1.165, 1.54) is 0 Å². The molecule has 0 atom stereocenters. The first kappa shape index (κ1) is 11.6. The van der Waals surface area contributed by atoms with E-state index in [4.69, 9.17) is 11.6 Å². The van der Waals surface area contributed by atoms with Gasteiger partial charge < -0.3 is 0 Å². The van der Waals surface area contributed by atoms with Gasteiger partial charge in [-0.3, -0.25) is 0 Å². The van der Waals surface area contributed by atoms with Gasteiger partial charge in [0.05, 0.1) is 11.3 Å². The van der Waals surface area contributed by atoms with Gasteiger partial charge in [0.1, 0.15) is 0 Å². The lowest BCUT2D eigenvalue weighted by molar-refractivity contribution is 0.611. The van der Waals surface area contributed by atoms with Crippen molar-refractivity contribution in [3.63, 3.8) is 0 Å². The second-order valence-corrected chi connectivity index (χ2v) is 5.64. The van der Waals surface area contributed by atoms with Crippen LogP contribution in [0.1, 0.15) is 5.56 Å². The molecule has 0 saturated heterocycles. The van der Waals surface area contributed by atoms with Gasteiger partial charge in [-0.15, -0.1) is 0 Å². The van der Waals surface area contributed by atoms with Crippen LogP contribution >= 0.6 is 27.5 Å². The van der Waals surface area contributed by atoms with Crippen LogP contribution in [0.3, 0.4) is 0 Å². The molecule has 0 N–H and O–H groups in total. The molecule has 2 nitrogen and oxygen atoms in total. The highest BCUT2D eigenvalue weighted by Crippen LogP contribution is 2.22. The Morgan fingerprint density at radius 1 is 1.43 bits per heavy atom. The summed E-state index contributed by atoms with van der Waals surface area (Å²) >= 11 is 9.02. The van der Waals surface area contributed by atoms with E-state index in [1.807, 2.05) is 0 Å². The highest BCUT2D eigenvalue weighted by Gasteiger charge is 1.97. The molecule has 0 unspecified atom stereocenters. The van der Waals surface area contributed by atoms with E-state index in [2.05, 4.69) is 27.1 Å². The highest BCUT2D eigenvalue weighted by molar-refractivity contribution is 9.10. The maximum Gasteiger partial charge on any atom is 0.214 e. The minimum Gasteiger partial charge on any atom is -0.216 e. The molecule has 14 heavy (non-hydrogen) atoms. The van der Waals surface area contributed by atoms with Crippen molar-refractivity contribution in [1.29, 1.82) is 0 Å². The molecule has 0 aliphatic heterocycles. The maximum atomic E-state index is 10.7. The van der Waals surface area contributed by atoms with Gasteiger partial charge in [-0.2, -0.15) is 0 Å². The van der Waals surface area contributed by atoms with Gasteiger partial charge >= 0.3 is 0 Å². The van der Waals surface area contributed by atoms with Crippen molar-refractivity contribution >= 4 is 37.4 Å². The first-order valence-corrected chi connectivity index (χ1v) is 6.62. The Hall–Kier alpha value is -0.500. The topological polar surface area (TPSA) is 34.1 Å². The van der Waals surface area contributed by atoms with Crippen LogP contribution in [0.4, 0.5) is 0 Å². The van der Waals surface area contributed by atoms with Crippen molar-refractivity contribution in [2.75, 3.05) is 6.26 Å². The molecule has 0 spiro atoms. The molecule has 0 aromatic heterocycles. The lowest BCUT2D eigenvalue weighted by Crippen LogP contribution is -1.89. The predicted molar refractivity (Wildman–Crippen MR) is 60.9 cm³/mol. The molecule has 74 valence electrons. The Bertz CT molecular complexity index is 511. The Morgan fingerprint density at radius 2 is 2.07 bits per heavy atom. The first-order chi connectivity index (χ1) is 6.38. The van der Waals surface area contributed by atoms with Crippen LogP contribution in [0.25, 0.3) is 0 Å². The minimum absolute atomic E-state index is 0.505. The van der Waals surface area contributed by atoms with Gasteiger partial charge in [-0.25, -0.2) is 8.42 Å². The summed E-state index contributed by atoms with van der Waals surface area (Å²) in [4.78, 5) is 0. The van der Waals surface area contributed by atoms with Crippen LogP contribution in [-0.4, -0.2) is 14.7 Å². The van der Waals surface area contributed by atoms with Crippen LogP contribution in [0.15, 0.2) is 22.7 Å². The summed E-state index contributed by atoms with van der Waals surface area (Å²) in [5.41, 5.74) is 0.573. The lowest BCUT2D eigenvalue weighted by Gasteiger charge is -1.94. The number of hydrogen-bond acceptors (Lipinski definition) is 2. The number of hydrogen-bond donors (Lipinski definition) is 0. The number of sulfone groups is 1. The van der Waals surface area contributed by atoms with Gasteiger partial charge in [-0.1, -0.05) is 11.6 Å². The van der Waals surface area contributed by atoms with E-state index in [9.17, 15) is 8.42 Å². The summed E-state index contributed by atoms with van der Waals surface area (Å²) in [6.45, 7) is 0. The molecule has 0 bridgehead atoms. The Balaban J connectivity index is 3.10. The van der Waals surface area contributed by atoms with E-state index in [1.54, 1.807) is 18.2 Å². The fourth-order valence-electron chi connectivity index (χ4n) is 0.726. The molecule has 0 amide bonds. The molecule has 5 heteroatoms. The van der Waals surface area contributed by atoms with Crippen molar-refractivity contribution in [1.82, 2.24) is 0 Å². The standard InChI is InChI=1S/C9H6BrClO2S/c1-14(12,13)5-4-7-2-3-8(10)9(11)6-7/h2-3,6H,1H3. The van der Waals surface area contributed by atoms with E-state index in [0.29, 0.717) is 10.6 Å². The van der Waals surface area contributed by atoms with Gasteiger partial charge in [0.15, 0.2) is 0 Å². The number of halogens is 2. The fraction of sp³-hybridized carbons (Fsp3) is 0.111. The van der Waals surface area contributed by atoms with Crippen LogP contribution in [0.5, 0.6) is 0 Å². The highest BCUT2D eigenvalue weighted by atomic mass is 79.9. The third-order valence-corrected chi connectivity index (χ3v) is 3.01. The average molecular weight is 294 g/mol. The molecule has 1 rings (SSSR count). The molecular weight excluding hydrogens is 288 g/mol. The van der Waals surface area contributed by atoms with Crippen molar-refractivity contribution in [3.05, 3.63) is 33.3 Å². The summed E-state index contributed by atoms with van der Waals surface area (Å²) in [5, 5.41) is 2.64. The summed E-state index contributed by atoms with van der Waals surface area (Å²) in [6, 6.07) is 5.01. The van der Waals surface area contributed by atoms with E-state index in [0.717, 1.165) is 10.7 Å². The van der Waals surface area contributed by atoms with Crippen molar-refractivity contribution in [2.24, 2.45) is 0 Å². The third kappa shape index (κ3) is 3.70. The van der Waals surface area contributed by atoms with E-state index < -0.39 is 9.84 Å². The molecule has 0 aliphatic carbocycles. The first-order valence-electron chi connectivity index (χ1n) is 3.56. The zero-order valence-corrected chi connectivity index (χ0v) is 10.4. The summed E-state index contributed by atoms with van der Waals surface area (Å²) in [6.07, 6.45) is 1.06. The molecule has 0 radical (unpaired) electrons. The Labute approximate surface area is 96.3 Å². The van der Waals surface area contributed by atoms with Crippen molar-refractivity contribution in [3.8, 4) is 11.2 Å². The second-order valence-electron chi connectivity index (χ2n) is 2.63. The van der Waals surface area contributed by atoms with E-state index in [-0.39, 0.29) is 0 Å². The molecule has 1 aromatic carbocycles. The zero-order chi connectivity index (χ0) is 10.8. The molecular formula is C9H6BrClO2S. The third-order valence-electron chi connectivity index (χ3n) is 1.30. The summed E-state index contributed by atoms with van der Waals surface area (Å²) in [5.74, 6) is 2.51. The maximum absolute atomic E-state index is 10.7. The lowest BCUT2D eigenvalue weighted by atomic mass is 10.2. The summed E-state index contributed by atoms with van der Waals surface area (Å²) in [7, 11) is -3.26. The summed E-state index contributed by atoms with van der Waals surface area (Å²) < 4.78 is 22.2. The zero-order valence-electron chi connectivity index (χ0n) is 7.21.